The second-order valence-corrected chi connectivity index (χ2v) is 14.5. The molecule has 0 bridgehead atoms. The number of rotatable bonds is 29. The number of amides is 2. The van der Waals surface area contributed by atoms with Crippen molar-refractivity contribution in [1.82, 2.24) is 40.4 Å². The normalized spacial score (nSPS) is 13.0. The van der Waals surface area contributed by atoms with Crippen molar-refractivity contribution >= 4 is 35.3 Å². The van der Waals surface area contributed by atoms with E-state index < -0.39 is 0 Å². The molecule has 56 heavy (non-hydrogen) atoms. The zero-order valence-electron chi connectivity index (χ0n) is 34.8. The van der Waals surface area contributed by atoms with E-state index >= 15 is 0 Å². The van der Waals surface area contributed by atoms with Crippen molar-refractivity contribution in [2.24, 2.45) is 0 Å². The lowest BCUT2D eigenvalue weighted by atomic mass is 10.0. The highest BCUT2D eigenvalue weighted by atomic mass is 16.2. The molecule has 14 nitrogen and oxygen atoms in total. The van der Waals surface area contributed by atoms with Gasteiger partial charge in [-0.15, -0.1) is 0 Å². The predicted octanol–water partition coefficient (Wildman–Crippen LogP) is 4.96. The van der Waals surface area contributed by atoms with Gasteiger partial charge < -0.3 is 41.7 Å². The van der Waals surface area contributed by atoms with Gasteiger partial charge in [0, 0.05) is 89.2 Å². The Morgan fingerprint density at radius 2 is 0.893 bits per heavy atom. The molecule has 2 aliphatic rings. The zero-order valence-corrected chi connectivity index (χ0v) is 34.8. The SMILES string of the molecule is CCN(CC)CCNc1nc(NCCCCNC(=O)CCCCC(=O)NCCCCNc2nc3c(c(NCCN(CC)CC)n2)CC=CC3)nc2c1CC=CC2. The van der Waals surface area contributed by atoms with E-state index in [-0.39, 0.29) is 11.8 Å². The molecule has 0 atom stereocenters. The van der Waals surface area contributed by atoms with E-state index in [1.54, 1.807) is 0 Å². The zero-order chi connectivity index (χ0) is 39.8. The lowest BCUT2D eigenvalue weighted by Crippen LogP contribution is -2.29. The second-order valence-electron chi connectivity index (χ2n) is 14.5. The second kappa shape index (κ2) is 25.8. The van der Waals surface area contributed by atoms with Gasteiger partial charge in [-0.1, -0.05) is 52.0 Å². The maximum Gasteiger partial charge on any atom is 0.224 e. The molecule has 0 aromatic carbocycles. The molecular formula is C42H70N12O2. The number of hydrogen-bond donors (Lipinski definition) is 6. The summed E-state index contributed by atoms with van der Waals surface area (Å²) in [5, 5.41) is 19.9. The van der Waals surface area contributed by atoms with E-state index in [9.17, 15) is 9.59 Å². The lowest BCUT2D eigenvalue weighted by Gasteiger charge is -2.21. The summed E-state index contributed by atoms with van der Waals surface area (Å²) < 4.78 is 0. The fourth-order valence-corrected chi connectivity index (χ4v) is 6.92. The van der Waals surface area contributed by atoms with Crippen LogP contribution < -0.4 is 31.9 Å². The molecule has 0 saturated carbocycles. The van der Waals surface area contributed by atoms with Crippen LogP contribution in [0.5, 0.6) is 0 Å². The summed E-state index contributed by atoms with van der Waals surface area (Å²) >= 11 is 0. The maximum absolute atomic E-state index is 12.4. The van der Waals surface area contributed by atoms with Gasteiger partial charge in [0.25, 0.3) is 0 Å². The van der Waals surface area contributed by atoms with Crippen LogP contribution in [0.4, 0.5) is 23.5 Å². The van der Waals surface area contributed by atoms with E-state index in [1.165, 1.54) is 11.1 Å². The minimum atomic E-state index is 0.0410. The number of allylic oxidation sites excluding steroid dienone is 4. The largest absolute Gasteiger partial charge is 0.368 e. The highest BCUT2D eigenvalue weighted by Gasteiger charge is 2.17. The van der Waals surface area contributed by atoms with Gasteiger partial charge in [-0.3, -0.25) is 9.59 Å². The smallest absolute Gasteiger partial charge is 0.224 e. The summed E-state index contributed by atoms with van der Waals surface area (Å²) in [5.74, 6) is 3.26. The number of fused-ring (bicyclic) bond motifs is 2. The van der Waals surface area contributed by atoms with Crippen LogP contribution in [-0.4, -0.2) is 120 Å². The molecule has 2 aromatic heterocycles. The Kier molecular flexibility index (Phi) is 20.4. The molecule has 2 aliphatic carbocycles. The van der Waals surface area contributed by atoms with Crippen LogP contribution in [-0.2, 0) is 35.3 Å². The third-order valence-corrected chi connectivity index (χ3v) is 10.5. The summed E-state index contributed by atoms with van der Waals surface area (Å²) in [6.07, 6.45) is 17.9. The van der Waals surface area contributed by atoms with E-state index in [0.29, 0.717) is 50.7 Å². The first-order chi connectivity index (χ1) is 27.4. The molecule has 2 amide bonds. The van der Waals surface area contributed by atoms with Gasteiger partial charge in [0.2, 0.25) is 23.7 Å². The molecule has 0 fully saturated rings. The van der Waals surface area contributed by atoms with Crippen LogP contribution in [0.2, 0.25) is 0 Å². The number of unbranched alkanes of at least 4 members (excludes halogenated alkanes) is 3. The first-order valence-electron chi connectivity index (χ1n) is 21.5. The molecule has 0 spiro atoms. The summed E-state index contributed by atoms with van der Waals surface area (Å²) in [7, 11) is 0. The molecule has 6 N–H and O–H groups in total. The first-order valence-corrected chi connectivity index (χ1v) is 21.5. The minimum Gasteiger partial charge on any atom is -0.368 e. The number of nitrogens with zero attached hydrogens (tertiary/aromatic N) is 6. The van der Waals surface area contributed by atoms with E-state index in [4.69, 9.17) is 19.9 Å². The average Bonchev–Trinajstić information content (AvgIpc) is 3.22. The number of carbonyl (C=O) groups excluding carboxylic acids is 2. The summed E-state index contributed by atoms with van der Waals surface area (Å²) in [6.45, 7) is 19.3. The van der Waals surface area contributed by atoms with Gasteiger partial charge in [0.05, 0.1) is 11.4 Å². The highest BCUT2D eigenvalue weighted by Crippen LogP contribution is 2.25. The highest BCUT2D eigenvalue weighted by molar-refractivity contribution is 5.77. The maximum atomic E-state index is 12.4. The number of nitrogens with one attached hydrogen (secondary N) is 6. The van der Waals surface area contributed by atoms with Crippen molar-refractivity contribution in [3.63, 3.8) is 0 Å². The molecule has 14 heteroatoms. The molecule has 0 saturated heterocycles. The average molecular weight is 775 g/mol. The molecule has 0 radical (unpaired) electrons. The number of carbonyl (C=O) groups is 2. The van der Waals surface area contributed by atoms with Gasteiger partial charge in [0.15, 0.2) is 0 Å². The molecule has 4 rings (SSSR count). The van der Waals surface area contributed by atoms with Crippen molar-refractivity contribution in [3.05, 3.63) is 46.8 Å². The number of anilines is 4. The standard InChI is InChI=1S/C42H70N12O2/c1-5-53(6-2)31-29-45-39-33-19-9-11-21-35(33)49-41(51-39)47-27-17-15-25-43-37(55)23-13-14-24-38(56)44-26-16-18-28-48-42-50-36-22-12-10-20-34(36)40(52-42)46-30-32-54(7-3)8-4/h9-12H,5-8,13-32H2,1-4H3,(H,43,55)(H,44,56)(H2,45,47,49,51)(H2,46,48,50,52). The quantitative estimate of drug-likeness (QED) is 0.0487. The molecule has 0 unspecified atom stereocenters. The molecule has 310 valence electrons. The number of hydrogen-bond acceptors (Lipinski definition) is 12. The van der Waals surface area contributed by atoms with Crippen molar-refractivity contribution in [1.29, 1.82) is 0 Å². The van der Waals surface area contributed by atoms with Crippen molar-refractivity contribution < 1.29 is 9.59 Å². The topological polar surface area (TPSA) is 164 Å². The third-order valence-electron chi connectivity index (χ3n) is 10.5. The van der Waals surface area contributed by atoms with Crippen molar-refractivity contribution in [2.75, 3.05) is 99.8 Å². The Labute approximate surface area is 336 Å². The van der Waals surface area contributed by atoms with Crippen LogP contribution in [0.3, 0.4) is 0 Å². The Bertz CT molecular complexity index is 1430. The summed E-state index contributed by atoms with van der Waals surface area (Å²) in [5.41, 5.74) is 4.56. The van der Waals surface area contributed by atoms with Gasteiger partial charge in [-0.05, 0) is 77.5 Å². The van der Waals surface area contributed by atoms with E-state index in [1.807, 2.05) is 0 Å². The Morgan fingerprint density at radius 1 is 0.500 bits per heavy atom. The van der Waals surface area contributed by atoms with Crippen LogP contribution in [0.15, 0.2) is 24.3 Å². The molecule has 2 heterocycles. The monoisotopic (exact) mass is 775 g/mol. The van der Waals surface area contributed by atoms with Gasteiger partial charge in [0.1, 0.15) is 11.6 Å². The van der Waals surface area contributed by atoms with Crippen LogP contribution in [0.1, 0.15) is 102 Å². The fraction of sp³-hybridized carbons (Fsp3) is 0.667. The van der Waals surface area contributed by atoms with Crippen LogP contribution >= 0.6 is 0 Å². The minimum absolute atomic E-state index is 0.0410. The molecular weight excluding hydrogens is 705 g/mol. The molecule has 0 aliphatic heterocycles. The number of likely N-dealkylation sites (N-methyl/N-ethyl adjacent to an activating group) is 2. The Hall–Kier alpha value is -4.30. The van der Waals surface area contributed by atoms with Gasteiger partial charge >= 0.3 is 0 Å². The molecule has 2 aromatic rings. The Balaban J connectivity index is 1.01. The Morgan fingerprint density at radius 3 is 1.30 bits per heavy atom. The van der Waals surface area contributed by atoms with Crippen molar-refractivity contribution in [3.8, 4) is 0 Å². The van der Waals surface area contributed by atoms with Crippen LogP contribution in [0.25, 0.3) is 0 Å². The van der Waals surface area contributed by atoms with E-state index in [0.717, 1.165) is 140 Å². The van der Waals surface area contributed by atoms with Crippen molar-refractivity contribution in [2.45, 2.75) is 105 Å². The van der Waals surface area contributed by atoms with Gasteiger partial charge in [-0.25, -0.2) is 9.97 Å². The summed E-state index contributed by atoms with van der Waals surface area (Å²) in [4.78, 5) is 48.7. The third kappa shape index (κ3) is 15.7. The van der Waals surface area contributed by atoms with Crippen LogP contribution in [0, 0.1) is 0 Å². The van der Waals surface area contributed by atoms with Gasteiger partial charge in [-0.2, -0.15) is 9.97 Å². The number of aromatic nitrogens is 4. The summed E-state index contributed by atoms with van der Waals surface area (Å²) in [6, 6.07) is 0. The lowest BCUT2D eigenvalue weighted by molar-refractivity contribution is -0.123. The predicted molar refractivity (Wildman–Crippen MR) is 230 cm³/mol. The first kappa shape index (κ1) is 44.4. The van der Waals surface area contributed by atoms with E-state index in [2.05, 4.69) is 93.7 Å². The fourth-order valence-electron chi connectivity index (χ4n) is 6.92.